The Kier molecular flexibility index (Phi) is 6.84. The number of carbonyl (C=O) groups is 2. The summed E-state index contributed by atoms with van der Waals surface area (Å²) in [6.07, 6.45) is 6.60. The van der Waals surface area contributed by atoms with Gasteiger partial charge in [-0.05, 0) is 57.0 Å². The lowest BCUT2D eigenvalue weighted by Crippen LogP contribution is -2.40. The number of fused-ring (bicyclic) bond motifs is 1. The van der Waals surface area contributed by atoms with Gasteiger partial charge in [-0.3, -0.25) is 20.0 Å². The van der Waals surface area contributed by atoms with Crippen LogP contribution < -0.4 is 11.1 Å². The van der Waals surface area contributed by atoms with E-state index in [1.807, 2.05) is 41.0 Å². The van der Waals surface area contributed by atoms with Crippen LogP contribution in [0.25, 0.3) is 21.5 Å². The third kappa shape index (κ3) is 5.22. The summed E-state index contributed by atoms with van der Waals surface area (Å²) in [5.74, 6) is -0.178. The third-order valence-corrected chi connectivity index (χ3v) is 7.52. The maximum absolute atomic E-state index is 13.3. The highest BCUT2D eigenvalue weighted by Gasteiger charge is 2.32. The molecular weight excluding hydrogens is 500 g/mol. The van der Waals surface area contributed by atoms with Gasteiger partial charge < -0.3 is 15.2 Å². The number of hydrogen-bond donors (Lipinski definition) is 3. The Bertz CT molecular complexity index is 1550. The van der Waals surface area contributed by atoms with Crippen molar-refractivity contribution in [1.82, 2.24) is 24.6 Å². The molecular formula is C27H28N8O2S. The summed E-state index contributed by atoms with van der Waals surface area (Å²) in [5.41, 5.74) is 7.81. The average Bonchev–Trinajstić information content (AvgIpc) is 3.69. The number of nitrogens with zero attached hydrogens (tertiary/aromatic N) is 5. The Hall–Kier alpha value is -4.27. The molecule has 1 aromatic carbocycles. The molecule has 10 nitrogen and oxygen atoms in total. The number of anilines is 1. The summed E-state index contributed by atoms with van der Waals surface area (Å²) >= 11 is 1.37. The lowest BCUT2D eigenvalue weighted by Gasteiger charge is -2.26. The molecule has 0 aliphatic carbocycles. The van der Waals surface area contributed by atoms with Crippen LogP contribution in [0.3, 0.4) is 0 Å². The van der Waals surface area contributed by atoms with E-state index in [4.69, 9.17) is 5.73 Å². The van der Waals surface area contributed by atoms with E-state index in [0.717, 1.165) is 34.3 Å². The molecule has 1 fully saturated rings. The second-order valence-electron chi connectivity index (χ2n) is 9.93. The van der Waals surface area contributed by atoms with E-state index in [0.29, 0.717) is 23.9 Å². The molecule has 1 aliphatic heterocycles. The van der Waals surface area contributed by atoms with Crippen molar-refractivity contribution in [2.24, 2.45) is 5.73 Å². The minimum atomic E-state index is -0.785. The quantitative estimate of drug-likeness (QED) is 0.245. The van der Waals surface area contributed by atoms with Gasteiger partial charge >= 0.3 is 0 Å². The maximum Gasteiger partial charge on any atom is 0.268 e. The summed E-state index contributed by atoms with van der Waals surface area (Å²) in [4.78, 5) is 34.4. The van der Waals surface area contributed by atoms with E-state index in [-0.39, 0.29) is 23.4 Å². The zero-order valence-corrected chi connectivity index (χ0v) is 22.0. The molecule has 1 aliphatic rings. The highest BCUT2D eigenvalue weighted by molar-refractivity contribution is 7.17. The molecule has 0 saturated carbocycles. The van der Waals surface area contributed by atoms with Crippen molar-refractivity contribution in [2.45, 2.75) is 44.8 Å². The second kappa shape index (κ2) is 10.2. The molecule has 1 atom stereocenters. The molecule has 4 N–H and O–H groups in total. The topological polar surface area (TPSA) is 146 Å². The Morgan fingerprint density at radius 2 is 2.13 bits per heavy atom. The number of imidazole rings is 1. The first kappa shape index (κ1) is 25.4. The smallest absolute Gasteiger partial charge is 0.268 e. The van der Waals surface area contributed by atoms with Gasteiger partial charge in [0, 0.05) is 35.3 Å². The van der Waals surface area contributed by atoms with Crippen molar-refractivity contribution in [3.05, 3.63) is 65.3 Å². The van der Waals surface area contributed by atoms with Crippen LogP contribution in [0.15, 0.2) is 60.4 Å². The number of para-hydroxylation sites is 2. The monoisotopic (exact) mass is 528 g/mol. The molecule has 0 radical (unpaired) electrons. The molecule has 0 unspecified atom stereocenters. The highest BCUT2D eigenvalue weighted by atomic mass is 32.1. The number of benzene rings is 1. The number of hydrogen-bond acceptors (Lipinski definition) is 7. The van der Waals surface area contributed by atoms with Crippen molar-refractivity contribution in [3.8, 4) is 16.5 Å². The van der Waals surface area contributed by atoms with Crippen LogP contribution in [0.2, 0.25) is 0 Å². The van der Waals surface area contributed by atoms with Gasteiger partial charge in [-0.1, -0.05) is 12.1 Å². The number of amides is 2. The number of likely N-dealkylation sites (tertiary alicyclic amines) is 1. The SMILES string of the molecule is CC(C)(N)C=C(C#N)C(=O)N1CCC[C@@H]1Cn1c(NC(=O)c2ccc(-c3cn[nH]c3)s2)nc2ccccc21. The molecule has 3 aromatic heterocycles. The van der Waals surface area contributed by atoms with Gasteiger partial charge in [0.25, 0.3) is 11.8 Å². The van der Waals surface area contributed by atoms with Crippen LogP contribution >= 0.6 is 11.3 Å². The van der Waals surface area contributed by atoms with Crippen LogP contribution in [0.1, 0.15) is 36.4 Å². The molecule has 38 heavy (non-hydrogen) atoms. The van der Waals surface area contributed by atoms with Crippen LogP contribution in [-0.2, 0) is 11.3 Å². The van der Waals surface area contributed by atoms with E-state index in [1.165, 1.54) is 17.4 Å². The largest absolute Gasteiger partial charge is 0.333 e. The van der Waals surface area contributed by atoms with Crippen LogP contribution in [-0.4, -0.2) is 54.6 Å². The molecule has 0 bridgehead atoms. The van der Waals surface area contributed by atoms with E-state index in [1.54, 1.807) is 37.2 Å². The summed E-state index contributed by atoms with van der Waals surface area (Å²) < 4.78 is 1.94. The predicted octanol–water partition coefficient (Wildman–Crippen LogP) is 3.92. The number of nitrogens with one attached hydrogen (secondary N) is 2. The van der Waals surface area contributed by atoms with Crippen molar-refractivity contribution >= 4 is 40.1 Å². The van der Waals surface area contributed by atoms with Gasteiger partial charge in [0.1, 0.15) is 11.6 Å². The predicted molar refractivity (Wildman–Crippen MR) is 146 cm³/mol. The zero-order chi connectivity index (χ0) is 26.9. The van der Waals surface area contributed by atoms with Gasteiger partial charge in [-0.2, -0.15) is 10.4 Å². The number of carbonyl (C=O) groups excluding carboxylic acids is 2. The standard InChI is InChI=1S/C27H28N8O2S/c1-27(2,29)12-17(13-28)25(37)34-11-5-6-19(34)16-35-21-8-4-3-7-20(21)32-26(35)33-24(36)23-10-9-22(38-23)18-14-30-31-15-18/h3-4,7-10,12,14-15,19H,5-6,11,16,29H2,1-2H3,(H,30,31)(H,32,33,36)/t19-/m1/s1. The summed E-state index contributed by atoms with van der Waals surface area (Å²) in [7, 11) is 0. The second-order valence-corrected chi connectivity index (χ2v) is 11.0. The van der Waals surface area contributed by atoms with Crippen LogP contribution in [0, 0.1) is 11.3 Å². The Balaban J connectivity index is 1.41. The molecule has 4 heterocycles. The van der Waals surface area contributed by atoms with Gasteiger partial charge in [0.15, 0.2) is 0 Å². The van der Waals surface area contributed by atoms with Crippen molar-refractivity contribution < 1.29 is 9.59 Å². The maximum atomic E-state index is 13.3. The minimum Gasteiger partial charge on any atom is -0.333 e. The molecule has 5 rings (SSSR count). The van der Waals surface area contributed by atoms with E-state index in [9.17, 15) is 14.9 Å². The first-order valence-corrected chi connectivity index (χ1v) is 13.1. The Morgan fingerprint density at radius 1 is 1.32 bits per heavy atom. The highest BCUT2D eigenvalue weighted by Crippen LogP contribution is 2.29. The lowest BCUT2D eigenvalue weighted by atomic mass is 10.0. The third-order valence-electron chi connectivity index (χ3n) is 6.39. The number of aromatic amines is 1. The van der Waals surface area contributed by atoms with Gasteiger partial charge in [-0.15, -0.1) is 11.3 Å². The Morgan fingerprint density at radius 3 is 2.87 bits per heavy atom. The van der Waals surface area contributed by atoms with Crippen molar-refractivity contribution in [1.29, 1.82) is 5.26 Å². The number of nitriles is 1. The number of thiophene rings is 1. The molecule has 1 saturated heterocycles. The first-order valence-electron chi connectivity index (χ1n) is 12.3. The molecule has 11 heteroatoms. The van der Waals surface area contributed by atoms with Crippen LogP contribution in [0.5, 0.6) is 0 Å². The molecule has 194 valence electrons. The zero-order valence-electron chi connectivity index (χ0n) is 21.1. The van der Waals surface area contributed by atoms with Gasteiger partial charge in [0.05, 0.1) is 28.1 Å². The van der Waals surface area contributed by atoms with Gasteiger partial charge in [0.2, 0.25) is 5.95 Å². The first-order chi connectivity index (χ1) is 18.2. The van der Waals surface area contributed by atoms with E-state index in [2.05, 4.69) is 20.5 Å². The van der Waals surface area contributed by atoms with Gasteiger partial charge in [-0.25, -0.2) is 4.98 Å². The fourth-order valence-electron chi connectivity index (χ4n) is 4.69. The molecule has 2 amide bonds. The molecule has 4 aromatic rings. The van der Waals surface area contributed by atoms with E-state index >= 15 is 0 Å². The number of aromatic nitrogens is 4. The average molecular weight is 529 g/mol. The van der Waals surface area contributed by atoms with Crippen molar-refractivity contribution in [3.63, 3.8) is 0 Å². The lowest BCUT2D eigenvalue weighted by molar-refractivity contribution is -0.127. The van der Waals surface area contributed by atoms with Crippen molar-refractivity contribution in [2.75, 3.05) is 11.9 Å². The summed E-state index contributed by atoms with van der Waals surface area (Å²) in [5, 5.41) is 19.4. The normalized spacial score (nSPS) is 16.1. The number of H-pyrrole nitrogens is 1. The number of nitrogens with two attached hydrogens (primary N) is 1. The fraction of sp³-hybridized carbons (Fsp3) is 0.296. The summed E-state index contributed by atoms with van der Waals surface area (Å²) in [6.45, 7) is 4.47. The summed E-state index contributed by atoms with van der Waals surface area (Å²) in [6, 6.07) is 13.2. The Labute approximate surface area is 223 Å². The van der Waals surface area contributed by atoms with E-state index < -0.39 is 5.54 Å². The molecule has 0 spiro atoms. The minimum absolute atomic E-state index is 0.0412. The van der Waals surface area contributed by atoms with Crippen LogP contribution in [0.4, 0.5) is 5.95 Å². The number of rotatable bonds is 7. The fourth-order valence-corrected chi connectivity index (χ4v) is 5.57.